The normalized spacial score (nSPS) is 11.2. The Morgan fingerprint density at radius 3 is 2.14 bits per heavy atom. The SMILES string of the molecule is N=C(N)c1cc(Oc2ccc(Cl)cc2)ccc1C(F)(F)F. The van der Waals surface area contributed by atoms with E-state index in [-0.39, 0.29) is 5.75 Å². The molecule has 2 aromatic carbocycles. The zero-order chi connectivity index (χ0) is 15.6. The van der Waals surface area contributed by atoms with Crippen LogP contribution < -0.4 is 10.5 Å². The van der Waals surface area contributed by atoms with E-state index in [1.165, 1.54) is 6.07 Å². The molecule has 21 heavy (non-hydrogen) atoms. The van der Waals surface area contributed by atoms with Crippen LogP contribution in [0.15, 0.2) is 42.5 Å². The topological polar surface area (TPSA) is 59.1 Å². The van der Waals surface area contributed by atoms with E-state index >= 15 is 0 Å². The first-order valence-electron chi connectivity index (χ1n) is 5.76. The fraction of sp³-hybridized carbons (Fsp3) is 0.0714. The summed E-state index contributed by atoms with van der Waals surface area (Å²) in [5.41, 5.74) is 3.81. The lowest BCUT2D eigenvalue weighted by molar-refractivity contribution is -0.137. The number of amidine groups is 1. The van der Waals surface area contributed by atoms with Crippen molar-refractivity contribution in [3.05, 3.63) is 58.6 Å². The molecule has 2 rings (SSSR count). The molecule has 0 amide bonds. The third-order valence-electron chi connectivity index (χ3n) is 2.64. The minimum absolute atomic E-state index is 0.149. The monoisotopic (exact) mass is 314 g/mol. The van der Waals surface area contributed by atoms with Gasteiger partial charge >= 0.3 is 6.18 Å². The van der Waals surface area contributed by atoms with Crippen LogP contribution >= 0.6 is 11.6 Å². The molecule has 0 atom stereocenters. The summed E-state index contributed by atoms with van der Waals surface area (Å²) in [7, 11) is 0. The molecular formula is C14H10ClF3N2O. The van der Waals surface area contributed by atoms with Crippen molar-refractivity contribution in [3.8, 4) is 11.5 Å². The molecule has 0 saturated carbocycles. The van der Waals surface area contributed by atoms with Gasteiger partial charge in [0.05, 0.1) is 5.56 Å². The molecule has 110 valence electrons. The Morgan fingerprint density at radius 1 is 1.05 bits per heavy atom. The lowest BCUT2D eigenvalue weighted by atomic mass is 10.1. The maximum Gasteiger partial charge on any atom is 0.417 e. The lowest BCUT2D eigenvalue weighted by Gasteiger charge is -2.14. The third-order valence-corrected chi connectivity index (χ3v) is 2.89. The number of hydrogen-bond acceptors (Lipinski definition) is 2. The summed E-state index contributed by atoms with van der Waals surface area (Å²) in [4.78, 5) is 0. The van der Waals surface area contributed by atoms with E-state index in [1.54, 1.807) is 24.3 Å². The van der Waals surface area contributed by atoms with Crippen molar-refractivity contribution in [2.24, 2.45) is 5.73 Å². The number of benzene rings is 2. The number of nitrogens with one attached hydrogen (secondary N) is 1. The quantitative estimate of drug-likeness (QED) is 0.650. The average Bonchev–Trinajstić information content (AvgIpc) is 2.40. The Bertz CT molecular complexity index is 669. The Morgan fingerprint density at radius 2 is 1.62 bits per heavy atom. The molecular weight excluding hydrogens is 305 g/mol. The van der Waals surface area contributed by atoms with E-state index in [9.17, 15) is 13.2 Å². The predicted octanol–water partition coefficient (Wildman–Crippen LogP) is 4.44. The largest absolute Gasteiger partial charge is 0.457 e. The van der Waals surface area contributed by atoms with Crippen LogP contribution in [-0.2, 0) is 6.18 Å². The number of nitrogens with two attached hydrogens (primary N) is 1. The van der Waals surface area contributed by atoms with Crippen LogP contribution in [0.4, 0.5) is 13.2 Å². The third kappa shape index (κ3) is 3.66. The van der Waals surface area contributed by atoms with Crippen LogP contribution in [0.25, 0.3) is 0 Å². The minimum atomic E-state index is -4.58. The second kappa shape index (κ2) is 5.65. The molecule has 0 spiro atoms. The van der Waals surface area contributed by atoms with Gasteiger partial charge in [0.1, 0.15) is 17.3 Å². The molecule has 7 heteroatoms. The summed E-state index contributed by atoms with van der Waals surface area (Å²) in [6.07, 6.45) is -4.58. The van der Waals surface area contributed by atoms with Crippen molar-refractivity contribution in [2.75, 3.05) is 0 Å². The van der Waals surface area contributed by atoms with E-state index in [0.717, 1.165) is 12.1 Å². The lowest BCUT2D eigenvalue weighted by Crippen LogP contribution is -2.18. The molecule has 0 aliphatic heterocycles. The minimum Gasteiger partial charge on any atom is -0.457 e. The number of nitrogen functional groups attached to an aromatic ring is 1. The van der Waals surface area contributed by atoms with Crippen molar-refractivity contribution < 1.29 is 17.9 Å². The van der Waals surface area contributed by atoms with E-state index in [0.29, 0.717) is 10.8 Å². The number of hydrogen-bond donors (Lipinski definition) is 2. The zero-order valence-corrected chi connectivity index (χ0v) is 11.3. The van der Waals surface area contributed by atoms with Crippen LogP contribution in [-0.4, -0.2) is 5.84 Å². The summed E-state index contributed by atoms with van der Waals surface area (Å²) in [6, 6.07) is 9.42. The van der Waals surface area contributed by atoms with Gasteiger partial charge in [0.2, 0.25) is 0 Å². The van der Waals surface area contributed by atoms with Crippen molar-refractivity contribution >= 4 is 17.4 Å². The second-order valence-electron chi connectivity index (χ2n) is 4.17. The fourth-order valence-electron chi connectivity index (χ4n) is 1.70. The van der Waals surface area contributed by atoms with Crippen molar-refractivity contribution in [1.29, 1.82) is 5.41 Å². The molecule has 3 N–H and O–H groups in total. The highest BCUT2D eigenvalue weighted by atomic mass is 35.5. The van der Waals surface area contributed by atoms with Crippen LogP contribution in [0, 0.1) is 5.41 Å². The van der Waals surface area contributed by atoms with E-state index in [2.05, 4.69) is 0 Å². The number of rotatable bonds is 3. The summed E-state index contributed by atoms with van der Waals surface area (Å²) in [5, 5.41) is 7.78. The molecule has 0 fully saturated rings. The molecule has 0 aromatic heterocycles. The van der Waals surface area contributed by atoms with Gasteiger partial charge in [-0.2, -0.15) is 13.2 Å². The molecule has 3 nitrogen and oxygen atoms in total. The summed E-state index contributed by atoms with van der Waals surface area (Å²) < 4.78 is 43.8. The van der Waals surface area contributed by atoms with Gasteiger partial charge in [-0.1, -0.05) is 11.6 Å². The van der Waals surface area contributed by atoms with Gasteiger partial charge in [0.25, 0.3) is 0 Å². The van der Waals surface area contributed by atoms with Gasteiger partial charge in [-0.25, -0.2) is 0 Å². The first-order chi connectivity index (χ1) is 9.77. The molecule has 0 aliphatic rings. The fourth-order valence-corrected chi connectivity index (χ4v) is 1.82. The van der Waals surface area contributed by atoms with Gasteiger partial charge in [0, 0.05) is 10.6 Å². The highest BCUT2D eigenvalue weighted by Crippen LogP contribution is 2.34. The van der Waals surface area contributed by atoms with Crippen LogP contribution in [0.2, 0.25) is 5.02 Å². The zero-order valence-electron chi connectivity index (χ0n) is 10.5. The summed E-state index contributed by atoms with van der Waals surface area (Å²) in [6.45, 7) is 0. The van der Waals surface area contributed by atoms with Crippen molar-refractivity contribution in [1.82, 2.24) is 0 Å². The number of ether oxygens (including phenoxy) is 1. The van der Waals surface area contributed by atoms with E-state index in [1.807, 2.05) is 0 Å². The first-order valence-corrected chi connectivity index (χ1v) is 6.14. The molecule has 0 bridgehead atoms. The number of halogens is 4. The second-order valence-corrected chi connectivity index (χ2v) is 4.61. The molecule has 2 aromatic rings. The summed E-state index contributed by atoms with van der Waals surface area (Å²) in [5.74, 6) is -0.118. The van der Waals surface area contributed by atoms with Crippen molar-refractivity contribution in [2.45, 2.75) is 6.18 Å². The van der Waals surface area contributed by atoms with Crippen LogP contribution in [0.1, 0.15) is 11.1 Å². The van der Waals surface area contributed by atoms with Gasteiger partial charge in [-0.05, 0) is 42.5 Å². The van der Waals surface area contributed by atoms with Crippen LogP contribution in [0.5, 0.6) is 11.5 Å². The maximum atomic E-state index is 12.8. The Balaban J connectivity index is 2.36. The molecule has 0 unspecified atom stereocenters. The molecule has 0 aliphatic carbocycles. The molecule has 0 heterocycles. The van der Waals surface area contributed by atoms with Gasteiger partial charge in [-0.3, -0.25) is 5.41 Å². The van der Waals surface area contributed by atoms with E-state index < -0.39 is 23.1 Å². The Labute approximate surface area is 123 Å². The van der Waals surface area contributed by atoms with Gasteiger partial charge < -0.3 is 10.5 Å². The smallest absolute Gasteiger partial charge is 0.417 e. The molecule has 0 saturated heterocycles. The van der Waals surface area contributed by atoms with Crippen molar-refractivity contribution in [3.63, 3.8) is 0 Å². The molecule has 0 radical (unpaired) electrons. The Hall–Kier alpha value is -2.21. The first kappa shape index (κ1) is 15.2. The highest BCUT2D eigenvalue weighted by Gasteiger charge is 2.34. The standard InChI is InChI=1S/C14H10ClF3N2O/c15-8-1-3-9(4-2-8)21-10-5-6-12(14(16,17)18)11(7-10)13(19)20/h1-7H,(H3,19,20). The Kier molecular flexibility index (Phi) is 4.09. The average molecular weight is 315 g/mol. The van der Waals surface area contributed by atoms with Crippen LogP contribution in [0.3, 0.4) is 0 Å². The van der Waals surface area contributed by atoms with Gasteiger partial charge in [-0.15, -0.1) is 0 Å². The van der Waals surface area contributed by atoms with E-state index in [4.69, 9.17) is 27.5 Å². The maximum absolute atomic E-state index is 12.8. The number of alkyl halides is 3. The predicted molar refractivity (Wildman–Crippen MR) is 74.0 cm³/mol. The summed E-state index contributed by atoms with van der Waals surface area (Å²) >= 11 is 5.73. The highest BCUT2D eigenvalue weighted by molar-refractivity contribution is 6.30. The van der Waals surface area contributed by atoms with Gasteiger partial charge in [0.15, 0.2) is 0 Å².